The predicted molar refractivity (Wildman–Crippen MR) is 76.7 cm³/mol. The largest absolute Gasteiger partial charge is 0.388 e. The summed E-state index contributed by atoms with van der Waals surface area (Å²) in [4.78, 5) is 6.94. The van der Waals surface area contributed by atoms with Crippen LogP contribution in [0.25, 0.3) is 0 Å². The van der Waals surface area contributed by atoms with E-state index in [1.165, 1.54) is 25.7 Å². The van der Waals surface area contributed by atoms with Crippen molar-refractivity contribution >= 4 is 5.69 Å². The Balaban J connectivity index is 1.98. The summed E-state index contributed by atoms with van der Waals surface area (Å²) < 4.78 is 0. The Hall–Kier alpha value is -1.09. The van der Waals surface area contributed by atoms with E-state index in [1.807, 2.05) is 19.3 Å². The highest BCUT2D eigenvalue weighted by Gasteiger charge is 2.24. The Morgan fingerprint density at radius 3 is 2.89 bits per heavy atom. The molecule has 3 nitrogen and oxygen atoms in total. The predicted octanol–water partition coefficient (Wildman–Crippen LogP) is 3.13. The van der Waals surface area contributed by atoms with Gasteiger partial charge in [0.25, 0.3) is 0 Å². The van der Waals surface area contributed by atoms with E-state index in [-0.39, 0.29) is 0 Å². The van der Waals surface area contributed by atoms with Crippen LogP contribution < -0.4 is 5.32 Å². The Kier molecular flexibility index (Phi) is 4.59. The van der Waals surface area contributed by atoms with E-state index < -0.39 is 0 Å². The highest BCUT2D eigenvalue weighted by molar-refractivity contribution is 5.42. The fourth-order valence-corrected chi connectivity index (χ4v) is 3.04. The molecule has 1 aromatic heterocycles. The van der Waals surface area contributed by atoms with E-state index in [0.29, 0.717) is 0 Å². The van der Waals surface area contributed by atoms with Gasteiger partial charge in [-0.05, 0) is 37.9 Å². The molecule has 1 heterocycles. The number of anilines is 1. The second-order valence-electron chi connectivity index (χ2n) is 5.53. The Labute approximate surface area is 111 Å². The second-order valence-corrected chi connectivity index (χ2v) is 5.53. The van der Waals surface area contributed by atoms with Gasteiger partial charge < -0.3 is 5.32 Å². The molecule has 0 aliphatic heterocycles. The van der Waals surface area contributed by atoms with Crippen LogP contribution in [0.2, 0.25) is 0 Å². The summed E-state index contributed by atoms with van der Waals surface area (Å²) in [5.74, 6) is 0.816. The summed E-state index contributed by atoms with van der Waals surface area (Å²) in [7, 11) is 4.19. The van der Waals surface area contributed by atoms with Gasteiger partial charge >= 0.3 is 0 Å². The zero-order chi connectivity index (χ0) is 13.0. The van der Waals surface area contributed by atoms with Gasteiger partial charge in [-0.2, -0.15) is 0 Å². The van der Waals surface area contributed by atoms with Crippen LogP contribution in [0, 0.1) is 5.92 Å². The number of nitrogens with zero attached hydrogens (tertiary/aromatic N) is 2. The highest BCUT2D eigenvalue weighted by Crippen LogP contribution is 2.28. The number of hydrogen-bond acceptors (Lipinski definition) is 3. The number of pyridine rings is 1. The molecule has 2 unspecified atom stereocenters. The van der Waals surface area contributed by atoms with E-state index in [1.54, 1.807) is 0 Å². The van der Waals surface area contributed by atoms with E-state index in [0.717, 1.165) is 29.9 Å². The molecular weight excluding hydrogens is 222 g/mol. The van der Waals surface area contributed by atoms with Crippen molar-refractivity contribution in [1.82, 2.24) is 9.88 Å². The van der Waals surface area contributed by atoms with E-state index in [2.05, 4.69) is 35.2 Å². The second kappa shape index (κ2) is 6.19. The van der Waals surface area contributed by atoms with E-state index in [4.69, 9.17) is 0 Å². The lowest BCUT2D eigenvalue weighted by Crippen LogP contribution is -2.38. The van der Waals surface area contributed by atoms with Crippen LogP contribution >= 0.6 is 0 Å². The topological polar surface area (TPSA) is 28.2 Å². The van der Waals surface area contributed by atoms with Gasteiger partial charge in [-0.15, -0.1) is 0 Å². The van der Waals surface area contributed by atoms with Crippen molar-refractivity contribution < 1.29 is 0 Å². The molecule has 3 heteroatoms. The summed E-state index contributed by atoms with van der Waals surface area (Å²) in [6, 6.07) is 4.87. The molecule has 1 N–H and O–H groups in total. The molecule has 2 atom stereocenters. The monoisotopic (exact) mass is 247 g/mol. The average molecular weight is 247 g/mol. The van der Waals surface area contributed by atoms with Crippen LogP contribution in [0.4, 0.5) is 5.69 Å². The number of hydrogen-bond donors (Lipinski definition) is 1. The van der Waals surface area contributed by atoms with Gasteiger partial charge in [0.2, 0.25) is 0 Å². The van der Waals surface area contributed by atoms with Crippen LogP contribution in [-0.2, 0) is 6.54 Å². The summed E-state index contributed by atoms with van der Waals surface area (Å²) >= 11 is 0. The van der Waals surface area contributed by atoms with Crippen molar-refractivity contribution in [1.29, 1.82) is 0 Å². The standard InChI is InChI=1S/C15H25N3/c1-12-6-4-5-7-15(12)18(3)11-14-10-13(16-2)8-9-17-14/h8-10,12,15H,4-7,11H2,1-3H3,(H,16,17). The maximum absolute atomic E-state index is 4.47. The van der Waals surface area contributed by atoms with Crippen LogP contribution in [-0.4, -0.2) is 30.0 Å². The molecule has 0 spiro atoms. The molecule has 0 saturated heterocycles. The zero-order valence-electron chi connectivity index (χ0n) is 11.8. The molecule has 1 fully saturated rings. The van der Waals surface area contributed by atoms with Crippen molar-refractivity contribution in [3.8, 4) is 0 Å². The fourth-order valence-electron chi connectivity index (χ4n) is 3.04. The van der Waals surface area contributed by atoms with Gasteiger partial charge in [-0.25, -0.2) is 0 Å². The minimum atomic E-state index is 0.721. The van der Waals surface area contributed by atoms with Crippen molar-refractivity contribution in [2.45, 2.75) is 45.2 Å². The SMILES string of the molecule is CNc1ccnc(CN(C)C2CCCCC2C)c1. The molecule has 0 aromatic carbocycles. The van der Waals surface area contributed by atoms with Gasteiger partial charge in [-0.3, -0.25) is 9.88 Å². The summed E-state index contributed by atoms with van der Waals surface area (Å²) in [6.45, 7) is 3.34. The first-order valence-corrected chi connectivity index (χ1v) is 7.03. The fraction of sp³-hybridized carbons (Fsp3) is 0.667. The van der Waals surface area contributed by atoms with Gasteiger partial charge in [0.05, 0.1) is 5.69 Å². The molecule has 100 valence electrons. The summed E-state index contributed by atoms with van der Waals surface area (Å²) in [6.07, 6.45) is 7.38. The number of nitrogens with one attached hydrogen (secondary N) is 1. The minimum Gasteiger partial charge on any atom is -0.388 e. The average Bonchev–Trinajstić information content (AvgIpc) is 2.39. The maximum atomic E-state index is 4.47. The lowest BCUT2D eigenvalue weighted by atomic mass is 9.85. The molecular formula is C15H25N3. The molecule has 18 heavy (non-hydrogen) atoms. The first-order chi connectivity index (χ1) is 8.70. The molecule has 1 aliphatic rings. The van der Waals surface area contributed by atoms with Crippen molar-refractivity contribution in [2.75, 3.05) is 19.4 Å². The Bertz CT molecular complexity index is 378. The minimum absolute atomic E-state index is 0.721. The smallest absolute Gasteiger partial charge is 0.0564 e. The third-order valence-electron chi connectivity index (χ3n) is 4.15. The van der Waals surface area contributed by atoms with Crippen molar-refractivity contribution in [2.24, 2.45) is 5.92 Å². The van der Waals surface area contributed by atoms with Gasteiger partial charge in [-0.1, -0.05) is 19.8 Å². The van der Waals surface area contributed by atoms with Gasteiger partial charge in [0, 0.05) is 31.5 Å². The molecule has 0 radical (unpaired) electrons. The first kappa shape index (κ1) is 13.3. The molecule has 0 amide bonds. The van der Waals surface area contributed by atoms with Crippen molar-refractivity contribution in [3.63, 3.8) is 0 Å². The Morgan fingerprint density at radius 2 is 2.17 bits per heavy atom. The lowest BCUT2D eigenvalue weighted by Gasteiger charge is -2.36. The van der Waals surface area contributed by atoms with Crippen molar-refractivity contribution in [3.05, 3.63) is 24.0 Å². The quantitative estimate of drug-likeness (QED) is 0.886. The lowest BCUT2D eigenvalue weighted by molar-refractivity contribution is 0.132. The third kappa shape index (κ3) is 3.22. The van der Waals surface area contributed by atoms with E-state index >= 15 is 0 Å². The summed E-state index contributed by atoms with van der Waals surface area (Å²) in [5.41, 5.74) is 2.30. The molecule has 2 rings (SSSR count). The molecule has 0 bridgehead atoms. The number of rotatable bonds is 4. The van der Waals surface area contributed by atoms with Crippen LogP contribution in [0.5, 0.6) is 0 Å². The van der Waals surface area contributed by atoms with Crippen LogP contribution in [0.3, 0.4) is 0 Å². The molecule has 1 aliphatic carbocycles. The molecule has 1 aromatic rings. The van der Waals surface area contributed by atoms with Crippen LogP contribution in [0.15, 0.2) is 18.3 Å². The highest BCUT2D eigenvalue weighted by atomic mass is 15.1. The van der Waals surface area contributed by atoms with Gasteiger partial charge in [0.1, 0.15) is 0 Å². The van der Waals surface area contributed by atoms with E-state index in [9.17, 15) is 0 Å². The summed E-state index contributed by atoms with van der Waals surface area (Å²) in [5, 5.41) is 3.17. The van der Waals surface area contributed by atoms with Gasteiger partial charge in [0.15, 0.2) is 0 Å². The third-order valence-corrected chi connectivity index (χ3v) is 4.15. The molecule has 1 saturated carbocycles. The first-order valence-electron chi connectivity index (χ1n) is 7.03. The zero-order valence-corrected chi connectivity index (χ0v) is 11.8. The van der Waals surface area contributed by atoms with Crippen LogP contribution in [0.1, 0.15) is 38.3 Å². The maximum Gasteiger partial charge on any atom is 0.0564 e. The Morgan fingerprint density at radius 1 is 1.39 bits per heavy atom. The number of aromatic nitrogens is 1. The normalized spacial score (nSPS) is 24.2.